The lowest BCUT2D eigenvalue weighted by atomic mass is 10.1. The second kappa shape index (κ2) is 7.74. The van der Waals surface area contributed by atoms with Crippen molar-refractivity contribution in [1.82, 2.24) is 0 Å². The van der Waals surface area contributed by atoms with Crippen LogP contribution in [0.2, 0.25) is 0 Å². The van der Waals surface area contributed by atoms with Crippen molar-refractivity contribution in [3.63, 3.8) is 0 Å². The van der Waals surface area contributed by atoms with Crippen molar-refractivity contribution in [1.29, 1.82) is 0 Å². The second-order valence-corrected chi connectivity index (χ2v) is 5.30. The van der Waals surface area contributed by atoms with E-state index in [0.29, 0.717) is 5.56 Å². The van der Waals surface area contributed by atoms with Crippen molar-refractivity contribution >= 4 is 17.4 Å². The van der Waals surface area contributed by atoms with Crippen molar-refractivity contribution < 1.29 is 27.8 Å². The SMILES string of the molecule is COc1cc(C(C)=O)ccc1O[C@@H](C)C(=O)Nc1cc(F)ccc1F. The van der Waals surface area contributed by atoms with Crippen LogP contribution in [0.5, 0.6) is 11.5 Å². The smallest absolute Gasteiger partial charge is 0.265 e. The molecule has 5 nitrogen and oxygen atoms in total. The van der Waals surface area contributed by atoms with Crippen LogP contribution in [-0.2, 0) is 4.79 Å². The first kappa shape index (κ1) is 18.4. The van der Waals surface area contributed by atoms with E-state index < -0.39 is 23.6 Å². The molecule has 0 aliphatic carbocycles. The van der Waals surface area contributed by atoms with Crippen LogP contribution < -0.4 is 14.8 Å². The molecule has 0 heterocycles. The molecule has 0 fully saturated rings. The second-order valence-electron chi connectivity index (χ2n) is 5.30. The van der Waals surface area contributed by atoms with Crippen LogP contribution in [0, 0.1) is 11.6 Å². The molecule has 25 heavy (non-hydrogen) atoms. The lowest BCUT2D eigenvalue weighted by molar-refractivity contribution is -0.122. The van der Waals surface area contributed by atoms with Gasteiger partial charge >= 0.3 is 0 Å². The highest BCUT2D eigenvalue weighted by Crippen LogP contribution is 2.29. The van der Waals surface area contributed by atoms with E-state index in [9.17, 15) is 18.4 Å². The fourth-order valence-electron chi connectivity index (χ4n) is 2.06. The molecule has 1 N–H and O–H groups in total. The van der Waals surface area contributed by atoms with Crippen LogP contribution in [0.4, 0.5) is 14.5 Å². The number of carbonyl (C=O) groups excluding carboxylic acids is 2. The lowest BCUT2D eigenvalue weighted by Crippen LogP contribution is -2.30. The number of benzene rings is 2. The van der Waals surface area contributed by atoms with Crippen LogP contribution in [-0.4, -0.2) is 24.9 Å². The predicted molar refractivity (Wildman–Crippen MR) is 88.1 cm³/mol. The van der Waals surface area contributed by atoms with Gasteiger partial charge in [-0.2, -0.15) is 0 Å². The van der Waals surface area contributed by atoms with Gasteiger partial charge in [-0.3, -0.25) is 9.59 Å². The average molecular weight is 349 g/mol. The standard InChI is InChI=1S/C18H17F2NO4/c1-10(22)12-4-7-16(17(8-12)24-3)25-11(2)18(23)21-15-9-13(19)5-6-14(15)20/h4-9,11H,1-3H3,(H,21,23)/t11-/m0/s1. The molecule has 132 valence electrons. The van der Waals surface area contributed by atoms with Crippen LogP contribution >= 0.6 is 0 Å². The summed E-state index contributed by atoms with van der Waals surface area (Å²) in [6, 6.07) is 7.28. The summed E-state index contributed by atoms with van der Waals surface area (Å²) in [4.78, 5) is 23.5. The Balaban J connectivity index is 2.13. The topological polar surface area (TPSA) is 64.6 Å². The summed E-state index contributed by atoms with van der Waals surface area (Å²) in [6.07, 6.45) is -1.01. The molecule has 0 saturated carbocycles. The summed E-state index contributed by atoms with van der Waals surface area (Å²) in [5.74, 6) is -1.71. The third-order valence-electron chi connectivity index (χ3n) is 3.43. The van der Waals surface area contributed by atoms with E-state index in [4.69, 9.17) is 9.47 Å². The first-order chi connectivity index (χ1) is 11.8. The minimum atomic E-state index is -1.01. The van der Waals surface area contributed by atoms with Gasteiger partial charge in [0.25, 0.3) is 5.91 Å². The summed E-state index contributed by atoms with van der Waals surface area (Å²) in [5.41, 5.74) is 0.155. The molecular formula is C18H17F2NO4. The lowest BCUT2D eigenvalue weighted by Gasteiger charge is -2.17. The molecule has 0 bridgehead atoms. The Kier molecular flexibility index (Phi) is 5.69. The maximum atomic E-state index is 13.6. The number of halogens is 2. The molecule has 0 aliphatic rings. The van der Waals surface area contributed by atoms with Crippen molar-refractivity contribution in [3.05, 3.63) is 53.6 Å². The highest BCUT2D eigenvalue weighted by atomic mass is 19.1. The molecule has 1 atom stereocenters. The number of nitrogens with one attached hydrogen (secondary N) is 1. The van der Waals surface area contributed by atoms with Crippen molar-refractivity contribution in [2.45, 2.75) is 20.0 Å². The Morgan fingerprint density at radius 1 is 1.08 bits per heavy atom. The van der Waals surface area contributed by atoms with E-state index in [0.717, 1.165) is 18.2 Å². The van der Waals surface area contributed by atoms with Gasteiger partial charge in [-0.25, -0.2) is 8.78 Å². The third kappa shape index (κ3) is 4.53. The van der Waals surface area contributed by atoms with Crippen molar-refractivity contribution in [2.24, 2.45) is 0 Å². The minimum absolute atomic E-state index is 0.141. The van der Waals surface area contributed by atoms with Gasteiger partial charge in [0.2, 0.25) is 0 Å². The number of carbonyl (C=O) groups is 2. The molecule has 0 spiro atoms. The molecule has 2 aromatic rings. The van der Waals surface area contributed by atoms with Gasteiger partial charge in [0.05, 0.1) is 12.8 Å². The van der Waals surface area contributed by atoms with E-state index in [1.54, 1.807) is 0 Å². The average Bonchev–Trinajstić information content (AvgIpc) is 2.58. The molecule has 7 heteroatoms. The number of amides is 1. The van der Waals surface area contributed by atoms with Gasteiger partial charge in [-0.15, -0.1) is 0 Å². The third-order valence-corrected chi connectivity index (χ3v) is 3.43. The summed E-state index contributed by atoms with van der Waals surface area (Å²) in [6.45, 7) is 2.86. The van der Waals surface area contributed by atoms with Crippen molar-refractivity contribution in [2.75, 3.05) is 12.4 Å². The number of ether oxygens (including phenoxy) is 2. The number of Topliss-reactive ketones (excluding diaryl/α,β-unsaturated/α-hetero) is 1. The van der Waals surface area contributed by atoms with Gasteiger partial charge in [0.15, 0.2) is 23.4 Å². The monoisotopic (exact) mass is 349 g/mol. The van der Waals surface area contributed by atoms with E-state index >= 15 is 0 Å². The van der Waals surface area contributed by atoms with E-state index in [1.165, 1.54) is 39.2 Å². The molecule has 2 rings (SSSR count). The molecule has 0 radical (unpaired) electrons. The zero-order valence-electron chi connectivity index (χ0n) is 13.9. The highest BCUT2D eigenvalue weighted by molar-refractivity contribution is 5.95. The Bertz CT molecular complexity index is 808. The summed E-state index contributed by atoms with van der Waals surface area (Å²) < 4.78 is 37.4. The largest absolute Gasteiger partial charge is 0.493 e. The highest BCUT2D eigenvalue weighted by Gasteiger charge is 2.19. The molecule has 2 aromatic carbocycles. The number of ketones is 1. The number of rotatable bonds is 6. The Morgan fingerprint density at radius 2 is 1.80 bits per heavy atom. The Morgan fingerprint density at radius 3 is 2.44 bits per heavy atom. The first-order valence-corrected chi connectivity index (χ1v) is 7.43. The normalized spacial score (nSPS) is 11.6. The fourth-order valence-corrected chi connectivity index (χ4v) is 2.06. The fraction of sp³-hybridized carbons (Fsp3) is 0.222. The van der Waals surface area contributed by atoms with Crippen LogP contribution in [0.25, 0.3) is 0 Å². The maximum absolute atomic E-state index is 13.6. The van der Waals surface area contributed by atoms with E-state index in [-0.39, 0.29) is 23.0 Å². The summed E-state index contributed by atoms with van der Waals surface area (Å²) in [5, 5.41) is 2.26. The first-order valence-electron chi connectivity index (χ1n) is 7.43. The van der Waals surface area contributed by atoms with Gasteiger partial charge in [0, 0.05) is 11.6 Å². The molecule has 0 saturated heterocycles. The van der Waals surface area contributed by atoms with Crippen LogP contribution in [0.1, 0.15) is 24.2 Å². The van der Waals surface area contributed by atoms with Crippen LogP contribution in [0.15, 0.2) is 36.4 Å². The zero-order chi connectivity index (χ0) is 18.6. The van der Waals surface area contributed by atoms with Gasteiger partial charge < -0.3 is 14.8 Å². The van der Waals surface area contributed by atoms with E-state index in [1.807, 2.05) is 0 Å². The molecule has 1 amide bonds. The predicted octanol–water partition coefficient (Wildman–Crippen LogP) is 3.58. The number of anilines is 1. The molecule has 0 aromatic heterocycles. The summed E-state index contributed by atoms with van der Waals surface area (Å²) in [7, 11) is 1.40. The molecule has 0 aliphatic heterocycles. The van der Waals surface area contributed by atoms with Gasteiger partial charge in [0.1, 0.15) is 11.6 Å². The Hall–Kier alpha value is -2.96. The number of hydrogen-bond acceptors (Lipinski definition) is 4. The maximum Gasteiger partial charge on any atom is 0.265 e. The summed E-state index contributed by atoms with van der Waals surface area (Å²) >= 11 is 0. The van der Waals surface area contributed by atoms with Gasteiger partial charge in [-0.05, 0) is 44.2 Å². The quantitative estimate of drug-likeness (QED) is 0.810. The van der Waals surface area contributed by atoms with Crippen LogP contribution in [0.3, 0.4) is 0 Å². The van der Waals surface area contributed by atoms with E-state index in [2.05, 4.69) is 5.32 Å². The van der Waals surface area contributed by atoms with Crippen molar-refractivity contribution in [3.8, 4) is 11.5 Å². The van der Waals surface area contributed by atoms with Gasteiger partial charge in [-0.1, -0.05) is 0 Å². The number of hydrogen-bond donors (Lipinski definition) is 1. The minimum Gasteiger partial charge on any atom is -0.493 e. The number of methoxy groups -OCH3 is 1. The Labute approximate surface area is 143 Å². The zero-order valence-corrected chi connectivity index (χ0v) is 13.9. The molecule has 0 unspecified atom stereocenters. The molecular weight excluding hydrogens is 332 g/mol.